The predicted molar refractivity (Wildman–Crippen MR) is 125 cm³/mol. The van der Waals surface area contributed by atoms with E-state index in [0.29, 0.717) is 45.3 Å². The van der Waals surface area contributed by atoms with Gasteiger partial charge >= 0.3 is 0 Å². The van der Waals surface area contributed by atoms with Crippen molar-refractivity contribution in [3.63, 3.8) is 0 Å². The number of aromatic amines is 1. The van der Waals surface area contributed by atoms with E-state index in [9.17, 15) is 13.6 Å². The Hall–Kier alpha value is -2.77. The summed E-state index contributed by atoms with van der Waals surface area (Å²) in [5.41, 5.74) is 3.04. The minimum Gasteiger partial charge on any atom is -0.353 e. The predicted octanol–water partition coefficient (Wildman–Crippen LogP) is 6.75. The summed E-state index contributed by atoms with van der Waals surface area (Å²) in [5.74, 6) is -0.554. The molecule has 0 atom stereocenters. The van der Waals surface area contributed by atoms with Crippen molar-refractivity contribution < 1.29 is 13.6 Å². The first-order chi connectivity index (χ1) is 15.3. The summed E-state index contributed by atoms with van der Waals surface area (Å²) in [5, 5.41) is 3.45. The minimum atomic E-state index is -0.439. The molecule has 0 unspecified atom stereocenters. The number of hydrogen-bond donors (Lipinski definition) is 2. The molecule has 4 rings (SSSR count). The van der Waals surface area contributed by atoms with Crippen molar-refractivity contribution in [2.45, 2.75) is 25.7 Å². The van der Waals surface area contributed by atoms with E-state index in [0.717, 1.165) is 18.4 Å². The maximum absolute atomic E-state index is 13.8. The fourth-order valence-corrected chi connectivity index (χ4v) is 4.34. The average molecular weight is 474 g/mol. The average Bonchev–Trinajstić information content (AvgIpc) is 2.79. The van der Waals surface area contributed by atoms with Gasteiger partial charge in [0.25, 0.3) is 5.91 Å². The Morgan fingerprint density at radius 1 is 1.12 bits per heavy atom. The van der Waals surface area contributed by atoms with Gasteiger partial charge in [0.1, 0.15) is 16.3 Å². The number of aromatic nitrogens is 1. The number of carbonyl (C=O) groups excluding carboxylic acids is 1. The van der Waals surface area contributed by atoms with Gasteiger partial charge in [-0.05, 0) is 61.6 Å². The molecule has 1 amide bonds. The first-order valence-corrected chi connectivity index (χ1v) is 11.1. The van der Waals surface area contributed by atoms with Crippen LogP contribution in [0.4, 0.5) is 20.2 Å². The third kappa shape index (κ3) is 4.69. The molecule has 1 aliphatic heterocycles. The van der Waals surface area contributed by atoms with Gasteiger partial charge < -0.3 is 15.2 Å². The summed E-state index contributed by atoms with van der Waals surface area (Å²) in [6.07, 6.45) is 3.16. The molecule has 2 aromatic carbocycles. The second kappa shape index (κ2) is 9.38. The van der Waals surface area contributed by atoms with E-state index in [-0.39, 0.29) is 17.6 Å². The highest BCUT2D eigenvalue weighted by atomic mass is 35.5. The van der Waals surface area contributed by atoms with E-state index in [1.54, 1.807) is 18.0 Å². The van der Waals surface area contributed by atoms with Gasteiger partial charge in [-0.25, -0.2) is 8.78 Å². The second-order valence-corrected chi connectivity index (χ2v) is 8.71. The van der Waals surface area contributed by atoms with E-state index in [1.807, 2.05) is 12.1 Å². The molecule has 1 aliphatic rings. The number of carbonyl (C=O) groups is 1. The highest BCUT2D eigenvalue weighted by Crippen LogP contribution is 2.33. The Morgan fingerprint density at radius 3 is 2.47 bits per heavy atom. The number of amides is 1. The molecular weight excluding hydrogens is 452 g/mol. The third-order valence-electron chi connectivity index (χ3n) is 5.87. The fourth-order valence-electron chi connectivity index (χ4n) is 4.01. The van der Waals surface area contributed by atoms with Crippen LogP contribution in [0.2, 0.25) is 5.02 Å². The van der Waals surface area contributed by atoms with Crippen LogP contribution in [0.5, 0.6) is 0 Å². The van der Waals surface area contributed by atoms with Crippen LogP contribution in [-0.2, 0) is 0 Å². The SMILES string of the molecule is Cc1c(Nc2cc(F)ccc2Cl)c(C(=O)N2CCC(c3ccc(F)cc3)CC2)c[nH]c1=S. The van der Waals surface area contributed by atoms with Crippen LogP contribution in [0.1, 0.15) is 40.2 Å². The van der Waals surface area contributed by atoms with Crippen molar-refractivity contribution in [1.29, 1.82) is 0 Å². The van der Waals surface area contributed by atoms with Crippen molar-refractivity contribution in [2.75, 3.05) is 18.4 Å². The standard InChI is InChI=1S/C24H22ClF2N3OS/c1-14-22(29-21-12-18(27)6-7-20(21)25)19(13-28-23(14)32)24(31)30-10-8-16(9-11-30)15-2-4-17(26)5-3-15/h2-7,12-13,16H,8-11H2,1H3,(H2,28,29,32). The quantitative estimate of drug-likeness (QED) is 0.412. The zero-order valence-corrected chi connectivity index (χ0v) is 19.0. The zero-order chi connectivity index (χ0) is 22.8. The monoisotopic (exact) mass is 473 g/mol. The minimum absolute atomic E-state index is 0.146. The van der Waals surface area contributed by atoms with E-state index >= 15 is 0 Å². The van der Waals surface area contributed by atoms with E-state index < -0.39 is 5.82 Å². The Morgan fingerprint density at radius 2 is 1.78 bits per heavy atom. The van der Waals surface area contributed by atoms with Gasteiger partial charge in [-0.2, -0.15) is 0 Å². The molecule has 0 spiro atoms. The van der Waals surface area contributed by atoms with Crippen molar-refractivity contribution >= 4 is 41.1 Å². The maximum Gasteiger partial charge on any atom is 0.257 e. The van der Waals surface area contributed by atoms with E-state index in [4.69, 9.17) is 23.8 Å². The van der Waals surface area contributed by atoms with Crippen LogP contribution in [0.15, 0.2) is 48.7 Å². The van der Waals surface area contributed by atoms with Gasteiger partial charge in [-0.1, -0.05) is 36.0 Å². The molecule has 1 aromatic heterocycles. The number of benzene rings is 2. The Balaban J connectivity index is 1.56. The molecule has 0 bridgehead atoms. The van der Waals surface area contributed by atoms with Crippen LogP contribution in [0.3, 0.4) is 0 Å². The second-order valence-electron chi connectivity index (χ2n) is 7.90. The van der Waals surface area contributed by atoms with Crippen LogP contribution in [-0.4, -0.2) is 28.9 Å². The summed E-state index contributed by atoms with van der Waals surface area (Å²) >= 11 is 11.6. The molecular formula is C24H22ClF2N3OS. The lowest BCUT2D eigenvalue weighted by Crippen LogP contribution is -2.38. The van der Waals surface area contributed by atoms with Crippen LogP contribution in [0.25, 0.3) is 0 Å². The smallest absolute Gasteiger partial charge is 0.257 e. The molecule has 2 heterocycles. The molecule has 32 heavy (non-hydrogen) atoms. The fraction of sp³-hybridized carbons (Fsp3) is 0.250. The summed E-state index contributed by atoms with van der Waals surface area (Å²) < 4.78 is 27.4. The molecule has 4 nitrogen and oxygen atoms in total. The molecule has 0 radical (unpaired) electrons. The molecule has 0 saturated carbocycles. The van der Waals surface area contributed by atoms with Gasteiger partial charge in [-0.3, -0.25) is 4.79 Å². The molecule has 2 N–H and O–H groups in total. The lowest BCUT2D eigenvalue weighted by atomic mass is 9.89. The number of likely N-dealkylation sites (tertiary alicyclic amines) is 1. The maximum atomic E-state index is 13.8. The summed E-state index contributed by atoms with van der Waals surface area (Å²) in [7, 11) is 0. The summed E-state index contributed by atoms with van der Waals surface area (Å²) in [6.45, 7) is 2.96. The molecule has 3 aromatic rings. The Kier molecular flexibility index (Phi) is 6.58. The van der Waals surface area contributed by atoms with Crippen molar-refractivity contribution in [3.05, 3.63) is 86.6 Å². The van der Waals surface area contributed by atoms with Crippen molar-refractivity contribution in [1.82, 2.24) is 9.88 Å². The number of nitrogens with one attached hydrogen (secondary N) is 2. The summed E-state index contributed by atoms with van der Waals surface area (Å²) in [6, 6.07) is 10.6. The van der Waals surface area contributed by atoms with E-state index in [2.05, 4.69) is 10.3 Å². The number of anilines is 2. The molecule has 1 saturated heterocycles. The van der Waals surface area contributed by atoms with Gasteiger partial charge in [-0.15, -0.1) is 0 Å². The third-order valence-corrected chi connectivity index (χ3v) is 6.63. The van der Waals surface area contributed by atoms with Crippen LogP contribution in [0, 0.1) is 23.2 Å². The number of nitrogens with zero attached hydrogens (tertiary/aromatic N) is 1. The van der Waals surface area contributed by atoms with E-state index in [1.165, 1.54) is 30.3 Å². The molecule has 8 heteroatoms. The van der Waals surface area contributed by atoms with Gasteiger partial charge in [0, 0.05) is 24.8 Å². The highest BCUT2D eigenvalue weighted by Gasteiger charge is 2.27. The van der Waals surface area contributed by atoms with Gasteiger partial charge in [0.15, 0.2) is 0 Å². The number of piperidine rings is 1. The first kappa shape index (κ1) is 22.4. The van der Waals surface area contributed by atoms with Crippen LogP contribution < -0.4 is 5.32 Å². The number of H-pyrrole nitrogens is 1. The highest BCUT2D eigenvalue weighted by molar-refractivity contribution is 7.71. The molecule has 0 aliphatic carbocycles. The normalized spacial score (nSPS) is 14.4. The van der Waals surface area contributed by atoms with Gasteiger partial charge in [0.05, 0.1) is 22.0 Å². The Labute approximate surface area is 195 Å². The number of pyridine rings is 1. The topological polar surface area (TPSA) is 48.1 Å². The lowest BCUT2D eigenvalue weighted by Gasteiger charge is -2.33. The Bertz CT molecular complexity index is 1200. The van der Waals surface area contributed by atoms with Crippen molar-refractivity contribution in [3.8, 4) is 0 Å². The van der Waals surface area contributed by atoms with Crippen LogP contribution >= 0.6 is 23.8 Å². The number of rotatable bonds is 4. The molecule has 166 valence electrons. The zero-order valence-electron chi connectivity index (χ0n) is 17.4. The van der Waals surface area contributed by atoms with Crippen molar-refractivity contribution in [2.24, 2.45) is 0 Å². The van der Waals surface area contributed by atoms with Gasteiger partial charge in [0.2, 0.25) is 0 Å². The number of hydrogen-bond acceptors (Lipinski definition) is 3. The largest absolute Gasteiger partial charge is 0.353 e. The lowest BCUT2D eigenvalue weighted by molar-refractivity contribution is 0.0713. The number of halogens is 3. The summed E-state index contributed by atoms with van der Waals surface area (Å²) in [4.78, 5) is 18.1. The first-order valence-electron chi connectivity index (χ1n) is 10.3. The molecule has 1 fully saturated rings.